The van der Waals surface area contributed by atoms with Crippen LogP contribution in [0.25, 0.3) is 21.1 Å². The highest BCUT2D eigenvalue weighted by Gasteiger charge is 2.51. The molecular weight excluding hydrogens is 452 g/mol. The van der Waals surface area contributed by atoms with Gasteiger partial charge in [0.1, 0.15) is 28.3 Å². The lowest BCUT2D eigenvalue weighted by atomic mass is 9.82. The van der Waals surface area contributed by atoms with Crippen LogP contribution >= 0.6 is 11.3 Å². The lowest BCUT2D eigenvalue weighted by Crippen LogP contribution is -2.70. The number of H-pyrrole nitrogens is 1. The van der Waals surface area contributed by atoms with Crippen LogP contribution in [0.15, 0.2) is 24.7 Å². The first kappa shape index (κ1) is 20.2. The molecule has 174 valence electrons. The Hall–Kier alpha value is -3.24. The van der Waals surface area contributed by atoms with Crippen molar-refractivity contribution in [3.05, 3.63) is 35.1 Å². The number of amides is 1. The molecule has 0 radical (unpaired) electrons. The number of hydrogen-bond acceptors (Lipinski definition) is 8. The number of methoxy groups -OCH3 is 1. The largest absolute Gasteiger partial charge is 0.494 e. The van der Waals surface area contributed by atoms with Crippen LogP contribution in [0.4, 0.5) is 11.5 Å². The van der Waals surface area contributed by atoms with Gasteiger partial charge in [-0.15, -0.1) is 11.3 Å². The Kier molecular flexibility index (Phi) is 4.38. The predicted octanol–water partition coefficient (Wildman–Crippen LogP) is 3.43. The summed E-state index contributed by atoms with van der Waals surface area (Å²) in [6.45, 7) is 2.34. The van der Waals surface area contributed by atoms with Crippen LogP contribution < -0.4 is 10.1 Å². The fourth-order valence-electron chi connectivity index (χ4n) is 5.49. The number of nitrogens with zero attached hydrogens (tertiary/aromatic N) is 4. The first-order valence-electron chi connectivity index (χ1n) is 11.6. The Bertz CT molecular complexity index is 1430. The number of fused-ring (bicyclic) bond motifs is 4. The zero-order valence-electron chi connectivity index (χ0n) is 18.8. The van der Waals surface area contributed by atoms with Crippen molar-refractivity contribution in [3.63, 3.8) is 0 Å². The van der Waals surface area contributed by atoms with Crippen molar-refractivity contribution in [1.82, 2.24) is 25.1 Å². The van der Waals surface area contributed by atoms with Crippen molar-refractivity contribution in [2.24, 2.45) is 5.92 Å². The Morgan fingerprint density at radius 2 is 2.24 bits per heavy atom. The molecule has 4 aromatic rings. The smallest absolute Gasteiger partial charge is 0.226 e. The maximum Gasteiger partial charge on any atom is 0.226 e. The van der Waals surface area contributed by atoms with Gasteiger partial charge in [0.2, 0.25) is 5.91 Å². The quantitative estimate of drug-likeness (QED) is 0.465. The first-order valence-corrected chi connectivity index (χ1v) is 12.4. The number of aromatic nitrogens is 4. The molecule has 2 saturated heterocycles. The normalized spacial score (nSPS) is 20.7. The SMILES string of the molecule is COc1cc2[nH]ncc2cc1Nc1ncnc2sc3c(c12)CC[C@H](C(=O)N1CC2(CCO2)C1)C3. The predicted molar refractivity (Wildman–Crippen MR) is 129 cm³/mol. The van der Waals surface area contributed by atoms with E-state index in [1.165, 1.54) is 10.4 Å². The van der Waals surface area contributed by atoms with Crippen molar-refractivity contribution in [2.45, 2.75) is 31.3 Å². The number of thiophene rings is 1. The monoisotopic (exact) mass is 476 g/mol. The molecule has 0 unspecified atom stereocenters. The van der Waals surface area contributed by atoms with E-state index in [-0.39, 0.29) is 17.4 Å². The van der Waals surface area contributed by atoms with Crippen molar-refractivity contribution in [1.29, 1.82) is 0 Å². The highest BCUT2D eigenvalue weighted by atomic mass is 32.1. The molecule has 2 N–H and O–H groups in total. The van der Waals surface area contributed by atoms with Crippen LogP contribution in [0.1, 0.15) is 23.3 Å². The third-order valence-corrected chi connectivity index (χ3v) is 8.61. The molecule has 34 heavy (non-hydrogen) atoms. The number of ether oxygens (including phenoxy) is 2. The zero-order chi connectivity index (χ0) is 22.9. The molecule has 1 atom stereocenters. The van der Waals surface area contributed by atoms with Crippen molar-refractivity contribution < 1.29 is 14.3 Å². The maximum atomic E-state index is 13.1. The number of carbonyl (C=O) groups is 1. The second-order valence-electron chi connectivity index (χ2n) is 9.46. The van der Waals surface area contributed by atoms with E-state index < -0.39 is 0 Å². The summed E-state index contributed by atoms with van der Waals surface area (Å²) in [4.78, 5) is 26.4. The molecule has 3 aliphatic rings. The van der Waals surface area contributed by atoms with Crippen molar-refractivity contribution >= 4 is 49.9 Å². The molecule has 9 nitrogen and oxygen atoms in total. The Morgan fingerprint density at radius 3 is 3.03 bits per heavy atom. The van der Waals surface area contributed by atoms with Gasteiger partial charge in [-0.3, -0.25) is 9.89 Å². The summed E-state index contributed by atoms with van der Waals surface area (Å²) in [6, 6.07) is 3.93. The second kappa shape index (κ2) is 7.38. The summed E-state index contributed by atoms with van der Waals surface area (Å²) in [5, 5.41) is 12.6. The van der Waals surface area contributed by atoms with Gasteiger partial charge in [-0.2, -0.15) is 5.10 Å². The maximum absolute atomic E-state index is 13.1. The molecule has 0 bridgehead atoms. The summed E-state index contributed by atoms with van der Waals surface area (Å²) in [7, 11) is 1.65. The molecule has 2 aliphatic heterocycles. The van der Waals surface area contributed by atoms with E-state index >= 15 is 0 Å². The number of aromatic amines is 1. The Balaban J connectivity index is 1.18. The molecule has 3 aromatic heterocycles. The van der Waals surface area contributed by atoms with Crippen LogP contribution in [0.5, 0.6) is 5.75 Å². The molecule has 5 heterocycles. The highest BCUT2D eigenvalue weighted by Crippen LogP contribution is 2.43. The minimum absolute atomic E-state index is 0.0240. The molecule has 10 heteroatoms. The van der Waals surface area contributed by atoms with Gasteiger partial charge in [-0.25, -0.2) is 9.97 Å². The topological polar surface area (TPSA) is 105 Å². The van der Waals surface area contributed by atoms with Crippen LogP contribution in [0.2, 0.25) is 0 Å². The standard InChI is InChI=1S/C24H24N6O3S/c1-32-18-8-16-14(9-27-29-16)6-17(18)28-21-20-15-3-2-13(7-19(15)34-22(20)26-12-25-21)23(31)30-10-24(11-30)4-5-33-24/h6,8-9,12-13H,2-5,7,10-11H2,1H3,(H,27,29)(H,25,26,28)/t13-/m0/s1. The van der Waals surface area contributed by atoms with Gasteiger partial charge in [-0.05, 0) is 30.9 Å². The molecular formula is C24H24N6O3S. The highest BCUT2D eigenvalue weighted by molar-refractivity contribution is 7.19. The van der Waals surface area contributed by atoms with E-state index in [1.807, 2.05) is 17.0 Å². The molecule has 1 aliphatic carbocycles. The molecule has 7 rings (SSSR count). The minimum atomic E-state index is -0.0240. The lowest BCUT2D eigenvalue weighted by molar-refractivity contribution is -0.223. The zero-order valence-corrected chi connectivity index (χ0v) is 19.6. The fraction of sp³-hybridized carbons (Fsp3) is 0.417. The number of anilines is 2. The summed E-state index contributed by atoms with van der Waals surface area (Å²) in [6.07, 6.45) is 6.92. The first-order chi connectivity index (χ1) is 16.6. The van der Waals surface area contributed by atoms with Crippen LogP contribution in [-0.2, 0) is 22.4 Å². The fourth-order valence-corrected chi connectivity index (χ4v) is 6.75. The average molecular weight is 477 g/mol. The van der Waals surface area contributed by atoms with E-state index in [0.717, 1.165) is 78.0 Å². The van der Waals surface area contributed by atoms with E-state index in [9.17, 15) is 4.79 Å². The molecule has 1 spiro atoms. The number of nitrogens with one attached hydrogen (secondary N) is 2. The summed E-state index contributed by atoms with van der Waals surface area (Å²) < 4.78 is 11.3. The van der Waals surface area contributed by atoms with Gasteiger partial charge >= 0.3 is 0 Å². The van der Waals surface area contributed by atoms with Gasteiger partial charge in [0, 0.05) is 28.7 Å². The molecule has 1 amide bonds. The Morgan fingerprint density at radius 1 is 1.35 bits per heavy atom. The number of likely N-dealkylation sites (tertiary alicyclic amines) is 1. The minimum Gasteiger partial charge on any atom is -0.494 e. The van der Waals surface area contributed by atoms with Crippen molar-refractivity contribution in [3.8, 4) is 5.75 Å². The second-order valence-corrected chi connectivity index (χ2v) is 10.5. The van der Waals surface area contributed by atoms with Crippen LogP contribution in [-0.4, -0.2) is 63.4 Å². The number of carbonyl (C=O) groups excluding carboxylic acids is 1. The van der Waals surface area contributed by atoms with E-state index in [0.29, 0.717) is 5.75 Å². The summed E-state index contributed by atoms with van der Waals surface area (Å²) in [5.74, 6) is 1.78. The summed E-state index contributed by atoms with van der Waals surface area (Å²) in [5.41, 5.74) is 2.97. The molecule has 2 fully saturated rings. The third-order valence-electron chi connectivity index (χ3n) is 7.44. The third kappa shape index (κ3) is 3.01. The van der Waals surface area contributed by atoms with E-state index in [2.05, 4.69) is 25.5 Å². The number of benzene rings is 1. The summed E-state index contributed by atoms with van der Waals surface area (Å²) >= 11 is 1.68. The van der Waals surface area contributed by atoms with Gasteiger partial charge < -0.3 is 19.7 Å². The van der Waals surface area contributed by atoms with E-state index in [4.69, 9.17) is 9.47 Å². The van der Waals surface area contributed by atoms with Crippen LogP contribution in [0, 0.1) is 5.92 Å². The van der Waals surface area contributed by atoms with Gasteiger partial charge in [0.25, 0.3) is 0 Å². The van der Waals surface area contributed by atoms with Crippen LogP contribution in [0.3, 0.4) is 0 Å². The van der Waals surface area contributed by atoms with Crippen molar-refractivity contribution in [2.75, 3.05) is 32.1 Å². The Labute approximate surface area is 199 Å². The molecule has 0 saturated carbocycles. The van der Waals surface area contributed by atoms with Gasteiger partial charge in [-0.1, -0.05) is 0 Å². The number of aryl methyl sites for hydroxylation is 1. The van der Waals surface area contributed by atoms with E-state index in [1.54, 1.807) is 31.0 Å². The van der Waals surface area contributed by atoms with Gasteiger partial charge in [0.05, 0.1) is 49.6 Å². The molecule has 1 aromatic carbocycles. The average Bonchev–Trinajstić information content (AvgIpc) is 3.40. The van der Waals surface area contributed by atoms with Gasteiger partial charge in [0.15, 0.2) is 0 Å². The lowest BCUT2D eigenvalue weighted by Gasteiger charge is -2.55. The number of rotatable bonds is 4. The number of hydrogen-bond donors (Lipinski definition) is 2.